The Morgan fingerprint density at radius 2 is 1.62 bits per heavy atom. The van der Waals surface area contributed by atoms with Gasteiger partial charge in [-0.1, -0.05) is 0 Å². The van der Waals surface area contributed by atoms with Crippen LogP contribution in [0.2, 0.25) is 0 Å². The molecular formula is C22H32N4O3. The van der Waals surface area contributed by atoms with Crippen molar-refractivity contribution in [2.24, 2.45) is 5.92 Å². The van der Waals surface area contributed by atoms with Gasteiger partial charge in [0, 0.05) is 70.5 Å². The lowest BCUT2D eigenvalue weighted by Gasteiger charge is -2.25. The van der Waals surface area contributed by atoms with Crippen molar-refractivity contribution in [2.75, 3.05) is 51.7 Å². The molecule has 1 unspecified atom stereocenters. The van der Waals surface area contributed by atoms with E-state index in [1.54, 1.807) is 4.90 Å². The van der Waals surface area contributed by atoms with Gasteiger partial charge in [0.25, 0.3) is 5.91 Å². The van der Waals surface area contributed by atoms with Gasteiger partial charge in [0.1, 0.15) is 0 Å². The third-order valence-corrected chi connectivity index (χ3v) is 5.86. The number of carbonyl (C=O) groups is 3. The number of hydrogen-bond donors (Lipinski definition) is 0. The maximum Gasteiger partial charge on any atom is 0.253 e. The molecule has 0 aliphatic carbocycles. The van der Waals surface area contributed by atoms with Crippen molar-refractivity contribution in [1.82, 2.24) is 14.7 Å². The first-order chi connectivity index (χ1) is 13.8. The standard InChI is InChI=1S/C22H32N4O3/c1-16(2)26-15-18(14-20(26)27)22(29)25-11-5-10-24(12-13-25)21(28)17-6-8-19(9-7-17)23(3)4/h6-9,16,18H,5,10-15H2,1-4H3. The minimum absolute atomic E-state index is 0.00614. The van der Waals surface area contributed by atoms with E-state index in [9.17, 15) is 14.4 Å². The van der Waals surface area contributed by atoms with Crippen LogP contribution in [0, 0.1) is 5.92 Å². The molecule has 0 bridgehead atoms. The van der Waals surface area contributed by atoms with E-state index in [1.807, 2.05) is 66.9 Å². The van der Waals surface area contributed by atoms with E-state index < -0.39 is 0 Å². The molecule has 7 nitrogen and oxygen atoms in total. The molecule has 7 heteroatoms. The molecule has 1 aromatic carbocycles. The van der Waals surface area contributed by atoms with E-state index >= 15 is 0 Å². The molecule has 0 N–H and O–H groups in total. The highest BCUT2D eigenvalue weighted by Gasteiger charge is 2.38. The van der Waals surface area contributed by atoms with Crippen molar-refractivity contribution < 1.29 is 14.4 Å². The molecular weight excluding hydrogens is 368 g/mol. The third kappa shape index (κ3) is 4.71. The van der Waals surface area contributed by atoms with E-state index in [4.69, 9.17) is 0 Å². The quantitative estimate of drug-likeness (QED) is 0.772. The van der Waals surface area contributed by atoms with Crippen LogP contribution < -0.4 is 4.90 Å². The van der Waals surface area contributed by atoms with Gasteiger partial charge in [-0.05, 0) is 44.5 Å². The number of rotatable bonds is 4. The fourth-order valence-corrected chi connectivity index (χ4v) is 4.08. The second-order valence-corrected chi connectivity index (χ2v) is 8.45. The van der Waals surface area contributed by atoms with E-state index in [0.717, 1.165) is 12.1 Å². The molecule has 2 heterocycles. The van der Waals surface area contributed by atoms with Crippen LogP contribution in [0.3, 0.4) is 0 Å². The highest BCUT2D eigenvalue weighted by molar-refractivity contribution is 5.94. The van der Waals surface area contributed by atoms with Gasteiger partial charge in [-0.15, -0.1) is 0 Å². The molecule has 2 saturated heterocycles. The molecule has 0 spiro atoms. The molecule has 2 fully saturated rings. The highest BCUT2D eigenvalue weighted by atomic mass is 16.2. The minimum Gasteiger partial charge on any atom is -0.378 e. The molecule has 0 radical (unpaired) electrons. The third-order valence-electron chi connectivity index (χ3n) is 5.86. The molecule has 3 rings (SSSR count). The Morgan fingerprint density at radius 3 is 2.21 bits per heavy atom. The molecule has 2 aliphatic heterocycles. The summed E-state index contributed by atoms with van der Waals surface area (Å²) < 4.78 is 0. The number of carbonyl (C=O) groups excluding carboxylic acids is 3. The number of amides is 3. The average molecular weight is 401 g/mol. The van der Waals surface area contributed by atoms with Crippen LogP contribution in [0.5, 0.6) is 0 Å². The van der Waals surface area contributed by atoms with Crippen molar-refractivity contribution in [1.29, 1.82) is 0 Å². The Bertz CT molecular complexity index is 760. The normalized spacial score (nSPS) is 20.2. The van der Waals surface area contributed by atoms with E-state index in [0.29, 0.717) is 44.7 Å². The molecule has 2 aliphatic rings. The summed E-state index contributed by atoms with van der Waals surface area (Å²) >= 11 is 0. The van der Waals surface area contributed by atoms with Crippen molar-refractivity contribution in [3.05, 3.63) is 29.8 Å². The maximum atomic E-state index is 13.0. The second kappa shape index (κ2) is 8.84. The average Bonchev–Trinajstić information content (AvgIpc) is 2.93. The van der Waals surface area contributed by atoms with Crippen LogP contribution in [-0.2, 0) is 9.59 Å². The Morgan fingerprint density at radius 1 is 1.00 bits per heavy atom. The van der Waals surface area contributed by atoms with Crippen molar-refractivity contribution in [3.8, 4) is 0 Å². The molecule has 29 heavy (non-hydrogen) atoms. The van der Waals surface area contributed by atoms with Crippen LogP contribution in [-0.4, -0.2) is 85.3 Å². The van der Waals surface area contributed by atoms with Crippen molar-refractivity contribution in [2.45, 2.75) is 32.7 Å². The van der Waals surface area contributed by atoms with Gasteiger partial charge in [-0.3, -0.25) is 14.4 Å². The fraction of sp³-hybridized carbons (Fsp3) is 0.591. The highest BCUT2D eigenvalue weighted by Crippen LogP contribution is 2.23. The van der Waals surface area contributed by atoms with Crippen LogP contribution in [0.4, 0.5) is 5.69 Å². The fourth-order valence-electron chi connectivity index (χ4n) is 4.08. The Balaban J connectivity index is 1.59. The molecule has 1 atom stereocenters. The van der Waals surface area contributed by atoms with Gasteiger partial charge >= 0.3 is 0 Å². The Hall–Kier alpha value is -2.57. The zero-order chi connectivity index (χ0) is 21.1. The zero-order valence-electron chi connectivity index (χ0n) is 17.9. The van der Waals surface area contributed by atoms with Crippen LogP contribution in [0.15, 0.2) is 24.3 Å². The summed E-state index contributed by atoms with van der Waals surface area (Å²) in [5.74, 6) is -0.144. The number of anilines is 1. The number of likely N-dealkylation sites (tertiary alicyclic amines) is 1. The summed E-state index contributed by atoms with van der Waals surface area (Å²) in [5, 5.41) is 0. The van der Waals surface area contributed by atoms with Gasteiger partial charge in [-0.25, -0.2) is 0 Å². The topological polar surface area (TPSA) is 64.2 Å². The van der Waals surface area contributed by atoms with Gasteiger partial charge < -0.3 is 19.6 Å². The van der Waals surface area contributed by atoms with E-state index in [-0.39, 0.29) is 29.7 Å². The minimum atomic E-state index is -0.259. The van der Waals surface area contributed by atoms with Gasteiger partial charge in [0.2, 0.25) is 11.8 Å². The Labute approximate surface area is 173 Å². The Kier molecular flexibility index (Phi) is 6.45. The summed E-state index contributed by atoms with van der Waals surface area (Å²) in [4.78, 5) is 45.4. The van der Waals surface area contributed by atoms with E-state index in [2.05, 4.69) is 0 Å². The van der Waals surface area contributed by atoms with Gasteiger partial charge in [0.15, 0.2) is 0 Å². The summed E-state index contributed by atoms with van der Waals surface area (Å²) in [6.45, 7) is 6.78. The number of hydrogen-bond acceptors (Lipinski definition) is 4. The maximum absolute atomic E-state index is 13.0. The first-order valence-electron chi connectivity index (χ1n) is 10.4. The predicted octanol–water partition coefficient (Wildman–Crippen LogP) is 1.68. The molecule has 0 saturated carbocycles. The lowest BCUT2D eigenvalue weighted by molar-refractivity contribution is -0.135. The number of benzene rings is 1. The zero-order valence-corrected chi connectivity index (χ0v) is 17.9. The van der Waals surface area contributed by atoms with Gasteiger partial charge in [-0.2, -0.15) is 0 Å². The lowest BCUT2D eigenvalue weighted by Crippen LogP contribution is -2.41. The summed E-state index contributed by atoms with van der Waals surface area (Å²) in [6.07, 6.45) is 1.05. The predicted molar refractivity (Wildman–Crippen MR) is 113 cm³/mol. The molecule has 3 amide bonds. The summed E-state index contributed by atoms with van der Waals surface area (Å²) in [6, 6.07) is 7.72. The summed E-state index contributed by atoms with van der Waals surface area (Å²) in [5.41, 5.74) is 1.72. The van der Waals surface area contributed by atoms with Gasteiger partial charge in [0.05, 0.1) is 5.92 Å². The smallest absolute Gasteiger partial charge is 0.253 e. The molecule has 0 aromatic heterocycles. The first-order valence-corrected chi connectivity index (χ1v) is 10.4. The van der Waals surface area contributed by atoms with Crippen LogP contribution in [0.1, 0.15) is 37.0 Å². The monoisotopic (exact) mass is 400 g/mol. The van der Waals surface area contributed by atoms with Crippen molar-refractivity contribution >= 4 is 23.4 Å². The number of nitrogens with zero attached hydrogens (tertiary/aromatic N) is 4. The van der Waals surface area contributed by atoms with Crippen LogP contribution in [0.25, 0.3) is 0 Å². The molecule has 158 valence electrons. The SMILES string of the molecule is CC(C)N1CC(C(=O)N2CCCN(C(=O)c3ccc(N(C)C)cc3)CC2)CC1=O. The summed E-state index contributed by atoms with van der Waals surface area (Å²) in [7, 11) is 3.94. The largest absolute Gasteiger partial charge is 0.378 e. The molecule has 1 aromatic rings. The van der Waals surface area contributed by atoms with E-state index in [1.165, 1.54) is 0 Å². The van der Waals surface area contributed by atoms with Crippen molar-refractivity contribution in [3.63, 3.8) is 0 Å². The second-order valence-electron chi connectivity index (χ2n) is 8.45. The van der Waals surface area contributed by atoms with Crippen LogP contribution >= 0.6 is 0 Å². The first kappa shape index (κ1) is 21.1. The lowest BCUT2D eigenvalue weighted by atomic mass is 10.1.